The molecular formula is C17H13ClFNO3S. The molecule has 0 unspecified atom stereocenters. The second kappa shape index (κ2) is 7.15. The van der Waals surface area contributed by atoms with Crippen LogP contribution in [0.3, 0.4) is 0 Å². The minimum absolute atomic E-state index is 0.0348. The van der Waals surface area contributed by atoms with E-state index in [1.54, 1.807) is 25.1 Å². The monoisotopic (exact) mass is 365 g/mol. The fraction of sp³-hybridized carbons (Fsp3) is 0.176. The third-order valence-electron chi connectivity index (χ3n) is 3.21. The molecule has 0 aliphatic heterocycles. The van der Waals surface area contributed by atoms with Crippen LogP contribution in [0.15, 0.2) is 40.8 Å². The van der Waals surface area contributed by atoms with E-state index in [1.807, 2.05) is 6.07 Å². The van der Waals surface area contributed by atoms with Crippen molar-refractivity contribution < 1.29 is 18.3 Å². The zero-order chi connectivity index (χ0) is 17.1. The minimum atomic E-state index is -0.400. The number of carbonyl (C=O) groups is 1. The standard InChI is InChI=1S/C17H13ClFNO3S/c1-2-22-15(21)9-12-16(13-7-8-14(18)24-13)20-17(23-12)10-3-5-11(19)6-4-10/h3-8H,2,9H2,1H3. The molecule has 3 rings (SSSR count). The van der Waals surface area contributed by atoms with Crippen molar-refractivity contribution in [1.82, 2.24) is 4.98 Å². The third-order valence-corrected chi connectivity index (χ3v) is 4.44. The number of esters is 1. The summed E-state index contributed by atoms with van der Waals surface area (Å²) in [6, 6.07) is 9.36. The van der Waals surface area contributed by atoms with E-state index in [9.17, 15) is 9.18 Å². The lowest BCUT2D eigenvalue weighted by molar-refractivity contribution is -0.142. The summed E-state index contributed by atoms with van der Waals surface area (Å²) < 4.78 is 24.4. The number of carbonyl (C=O) groups excluding carboxylic acids is 1. The van der Waals surface area contributed by atoms with Gasteiger partial charge in [0.05, 0.1) is 15.8 Å². The molecule has 124 valence electrons. The highest BCUT2D eigenvalue weighted by Crippen LogP contribution is 2.35. The zero-order valence-electron chi connectivity index (χ0n) is 12.7. The van der Waals surface area contributed by atoms with Crippen LogP contribution >= 0.6 is 22.9 Å². The van der Waals surface area contributed by atoms with Gasteiger partial charge in [0.15, 0.2) is 0 Å². The van der Waals surface area contributed by atoms with Crippen molar-refractivity contribution >= 4 is 28.9 Å². The Morgan fingerprint density at radius 2 is 2.04 bits per heavy atom. The van der Waals surface area contributed by atoms with E-state index in [-0.39, 0.29) is 18.8 Å². The van der Waals surface area contributed by atoms with Crippen LogP contribution in [-0.2, 0) is 16.0 Å². The molecule has 1 aromatic carbocycles. The number of hydrogen-bond acceptors (Lipinski definition) is 5. The molecule has 0 radical (unpaired) electrons. The maximum atomic E-state index is 13.1. The predicted octanol–water partition coefficient (Wildman–Crippen LogP) is 4.97. The quantitative estimate of drug-likeness (QED) is 0.599. The summed E-state index contributed by atoms with van der Waals surface area (Å²) in [6.07, 6.45) is -0.0348. The summed E-state index contributed by atoms with van der Waals surface area (Å²) in [4.78, 5) is 17.1. The van der Waals surface area contributed by atoms with Gasteiger partial charge < -0.3 is 9.15 Å². The molecule has 7 heteroatoms. The number of thiophene rings is 1. The van der Waals surface area contributed by atoms with Gasteiger partial charge in [-0.25, -0.2) is 9.37 Å². The number of oxazole rings is 1. The Balaban J connectivity index is 2.01. The summed E-state index contributed by atoms with van der Waals surface area (Å²) in [5.41, 5.74) is 1.16. The molecule has 0 aliphatic carbocycles. The van der Waals surface area contributed by atoms with E-state index in [0.717, 1.165) is 4.88 Å². The van der Waals surface area contributed by atoms with Crippen LogP contribution in [0.25, 0.3) is 22.0 Å². The highest BCUT2D eigenvalue weighted by molar-refractivity contribution is 7.19. The topological polar surface area (TPSA) is 52.3 Å². The largest absolute Gasteiger partial charge is 0.466 e. The lowest BCUT2D eigenvalue weighted by Gasteiger charge is -2.00. The third kappa shape index (κ3) is 3.66. The van der Waals surface area contributed by atoms with Gasteiger partial charge in [-0.2, -0.15) is 0 Å². The molecule has 0 atom stereocenters. The van der Waals surface area contributed by atoms with E-state index in [1.165, 1.54) is 23.5 Å². The molecular weight excluding hydrogens is 353 g/mol. The van der Waals surface area contributed by atoms with Gasteiger partial charge >= 0.3 is 5.97 Å². The molecule has 0 aliphatic rings. The molecule has 3 aromatic rings. The number of ether oxygens (including phenoxy) is 1. The smallest absolute Gasteiger partial charge is 0.313 e. The lowest BCUT2D eigenvalue weighted by atomic mass is 10.2. The number of benzene rings is 1. The summed E-state index contributed by atoms with van der Waals surface area (Å²) in [7, 11) is 0. The Morgan fingerprint density at radius 3 is 2.67 bits per heavy atom. The van der Waals surface area contributed by atoms with E-state index in [0.29, 0.717) is 27.2 Å². The SMILES string of the molecule is CCOC(=O)Cc1oc(-c2ccc(F)cc2)nc1-c1ccc(Cl)s1. The van der Waals surface area contributed by atoms with E-state index < -0.39 is 5.97 Å². The molecule has 0 bridgehead atoms. The first-order valence-electron chi connectivity index (χ1n) is 7.23. The number of hydrogen-bond donors (Lipinski definition) is 0. The van der Waals surface area contributed by atoms with Crippen molar-refractivity contribution in [1.29, 1.82) is 0 Å². The number of nitrogens with zero attached hydrogens (tertiary/aromatic N) is 1. The Bertz CT molecular complexity index is 857. The first-order valence-corrected chi connectivity index (χ1v) is 8.43. The second-order valence-electron chi connectivity index (χ2n) is 4.88. The number of halogens is 2. The maximum absolute atomic E-state index is 13.1. The van der Waals surface area contributed by atoms with Crippen molar-refractivity contribution in [2.24, 2.45) is 0 Å². The predicted molar refractivity (Wildman–Crippen MR) is 90.6 cm³/mol. The fourth-order valence-corrected chi connectivity index (χ4v) is 3.22. The molecule has 0 amide bonds. The molecule has 2 aromatic heterocycles. The summed E-state index contributed by atoms with van der Waals surface area (Å²) in [5, 5.41) is 0. The minimum Gasteiger partial charge on any atom is -0.466 e. The Hall–Kier alpha value is -2.18. The molecule has 0 spiro atoms. The van der Waals surface area contributed by atoms with Gasteiger partial charge in [-0.1, -0.05) is 11.6 Å². The molecule has 24 heavy (non-hydrogen) atoms. The fourth-order valence-electron chi connectivity index (χ4n) is 2.16. The highest BCUT2D eigenvalue weighted by Gasteiger charge is 2.20. The van der Waals surface area contributed by atoms with Crippen molar-refractivity contribution in [3.05, 3.63) is 52.3 Å². The highest BCUT2D eigenvalue weighted by atomic mass is 35.5. The second-order valence-corrected chi connectivity index (χ2v) is 6.60. The van der Waals surface area contributed by atoms with Gasteiger partial charge in [0.1, 0.15) is 23.7 Å². The Labute approximate surface area is 146 Å². The first-order chi connectivity index (χ1) is 11.6. The van der Waals surface area contributed by atoms with Crippen LogP contribution in [0.2, 0.25) is 4.34 Å². The first kappa shape index (κ1) is 16.7. The van der Waals surface area contributed by atoms with Gasteiger partial charge in [-0.15, -0.1) is 11.3 Å². The molecule has 0 fully saturated rings. The van der Waals surface area contributed by atoms with Crippen LogP contribution in [-0.4, -0.2) is 17.6 Å². The van der Waals surface area contributed by atoms with Gasteiger partial charge in [0.25, 0.3) is 0 Å². The van der Waals surface area contributed by atoms with Crippen molar-refractivity contribution in [3.8, 4) is 22.0 Å². The number of aromatic nitrogens is 1. The van der Waals surface area contributed by atoms with Crippen molar-refractivity contribution in [2.45, 2.75) is 13.3 Å². The van der Waals surface area contributed by atoms with Crippen LogP contribution in [0.5, 0.6) is 0 Å². The Morgan fingerprint density at radius 1 is 1.29 bits per heavy atom. The average Bonchev–Trinajstić information content (AvgIpc) is 3.14. The molecule has 0 saturated carbocycles. The van der Waals surface area contributed by atoms with Gasteiger partial charge in [-0.05, 0) is 43.3 Å². The van der Waals surface area contributed by atoms with Crippen LogP contribution < -0.4 is 0 Å². The van der Waals surface area contributed by atoms with E-state index in [2.05, 4.69) is 4.98 Å². The van der Waals surface area contributed by atoms with E-state index >= 15 is 0 Å². The molecule has 2 heterocycles. The van der Waals surface area contributed by atoms with Crippen molar-refractivity contribution in [3.63, 3.8) is 0 Å². The molecule has 4 nitrogen and oxygen atoms in total. The van der Waals surface area contributed by atoms with E-state index in [4.69, 9.17) is 20.8 Å². The summed E-state index contributed by atoms with van der Waals surface area (Å²) in [6.45, 7) is 2.03. The summed E-state index contributed by atoms with van der Waals surface area (Å²) in [5.74, 6) is -0.0364. The normalized spacial score (nSPS) is 10.8. The van der Waals surface area contributed by atoms with Gasteiger partial charge in [-0.3, -0.25) is 4.79 Å². The van der Waals surface area contributed by atoms with Crippen LogP contribution in [0.1, 0.15) is 12.7 Å². The summed E-state index contributed by atoms with van der Waals surface area (Å²) >= 11 is 7.32. The lowest BCUT2D eigenvalue weighted by Crippen LogP contribution is -2.07. The average molecular weight is 366 g/mol. The maximum Gasteiger partial charge on any atom is 0.313 e. The van der Waals surface area contributed by atoms with Gasteiger partial charge in [0.2, 0.25) is 5.89 Å². The van der Waals surface area contributed by atoms with Crippen LogP contribution in [0, 0.1) is 5.82 Å². The molecule has 0 N–H and O–H groups in total. The Kier molecular flexibility index (Phi) is 4.97. The van der Waals surface area contributed by atoms with Gasteiger partial charge in [0, 0.05) is 5.56 Å². The van der Waals surface area contributed by atoms with Crippen LogP contribution in [0.4, 0.5) is 4.39 Å². The number of rotatable bonds is 5. The van der Waals surface area contributed by atoms with Crippen molar-refractivity contribution in [2.75, 3.05) is 6.61 Å². The zero-order valence-corrected chi connectivity index (χ0v) is 14.3. The molecule has 0 saturated heterocycles.